The zero-order valence-corrected chi connectivity index (χ0v) is 11.1. The molecule has 0 saturated carbocycles. The summed E-state index contributed by atoms with van der Waals surface area (Å²) >= 11 is 0. The normalized spacial score (nSPS) is 13.5. The molecule has 0 aromatic heterocycles. The van der Waals surface area contributed by atoms with E-state index >= 15 is 0 Å². The number of guanidine groups is 1. The Morgan fingerprint density at radius 3 is 1.95 bits per heavy atom. The smallest absolute Gasteiger partial charge is 0.195 e. The number of nitrogens with zero attached hydrogens (tertiary/aromatic N) is 1. The SMILES string of the molecule is Nc1ccc(Nc2ccc(NC3=NCCN3)cc2)cc1. The van der Waals surface area contributed by atoms with Gasteiger partial charge >= 0.3 is 0 Å². The maximum atomic E-state index is 5.66. The second-order valence-corrected chi connectivity index (χ2v) is 4.61. The number of nitrogens with one attached hydrogen (secondary N) is 3. The van der Waals surface area contributed by atoms with Crippen LogP contribution in [0.2, 0.25) is 0 Å². The van der Waals surface area contributed by atoms with Gasteiger partial charge in [-0.2, -0.15) is 0 Å². The van der Waals surface area contributed by atoms with Crippen LogP contribution >= 0.6 is 0 Å². The molecule has 1 aliphatic heterocycles. The molecule has 2 aromatic rings. The molecule has 0 unspecified atom stereocenters. The van der Waals surface area contributed by atoms with Gasteiger partial charge in [-0.05, 0) is 48.5 Å². The van der Waals surface area contributed by atoms with E-state index in [1.54, 1.807) is 0 Å². The first-order valence-corrected chi connectivity index (χ1v) is 6.57. The van der Waals surface area contributed by atoms with Gasteiger partial charge in [0, 0.05) is 29.3 Å². The summed E-state index contributed by atoms with van der Waals surface area (Å²) in [6, 6.07) is 15.7. The molecule has 1 aliphatic rings. The van der Waals surface area contributed by atoms with E-state index in [-0.39, 0.29) is 0 Å². The summed E-state index contributed by atoms with van der Waals surface area (Å²) in [5, 5.41) is 9.73. The van der Waals surface area contributed by atoms with Crippen molar-refractivity contribution in [1.29, 1.82) is 0 Å². The van der Waals surface area contributed by atoms with Crippen LogP contribution in [0, 0.1) is 0 Å². The van der Waals surface area contributed by atoms with E-state index in [1.165, 1.54) is 0 Å². The van der Waals surface area contributed by atoms with E-state index in [0.717, 1.165) is 41.8 Å². The maximum Gasteiger partial charge on any atom is 0.195 e. The summed E-state index contributed by atoms with van der Waals surface area (Å²) in [5.74, 6) is 0.837. The monoisotopic (exact) mass is 267 g/mol. The van der Waals surface area contributed by atoms with Crippen LogP contribution < -0.4 is 21.7 Å². The highest BCUT2D eigenvalue weighted by molar-refractivity contribution is 5.94. The number of aliphatic imine (C=N–C) groups is 1. The Bertz CT molecular complexity index is 601. The third-order valence-corrected chi connectivity index (χ3v) is 3.02. The van der Waals surface area contributed by atoms with E-state index < -0.39 is 0 Å². The summed E-state index contributed by atoms with van der Waals surface area (Å²) < 4.78 is 0. The van der Waals surface area contributed by atoms with Gasteiger partial charge in [0.15, 0.2) is 5.96 Å². The van der Waals surface area contributed by atoms with E-state index in [2.05, 4.69) is 20.9 Å². The van der Waals surface area contributed by atoms with Crippen LogP contribution in [0.15, 0.2) is 53.5 Å². The molecule has 0 spiro atoms. The topological polar surface area (TPSA) is 74.5 Å². The Morgan fingerprint density at radius 1 is 0.850 bits per heavy atom. The van der Waals surface area contributed by atoms with Gasteiger partial charge in [-0.1, -0.05) is 0 Å². The van der Waals surface area contributed by atoms with Crippen LogP contribution in [0.4, 0.5) is 22.7 Å². The average Bonchev–Trinajstić information content (AvgIpc) is 2.96. The molecule has 5 N–H and O–H groups in total. The summed E-state index contributed by atoms with van der Waals surface area (Å²) in [6.45, 7) is 1.73. The Labute approximate surface area is 117 Å². The van der Waals surface area contributed by atoms with Gasteiger partial charge in [-0.3, -0.25) is 4.99 Å². The van der Waals surface area contributed by atoms with Crippen molar-refractivity contribution in [1.82, 2.24) is 5.32 Å². The number of hydrogen-bond donors (Lipinski definition) is 4. The number of nitrogen functional groups attached to an aromatic ring is 1. The molecule has 0 fully saturated rings. The lowest BCUT2D eigenvalue weighted by Gasteiger charge is -2.09. The lowest BCUT2D eigenvalue weighted by molar-refractivity contribution is 0.959. The molecule has 0 saturated heterocycles. The highest BCUT2D eigenvalue weighted by atomic mass is 15.2. The Kier molecular flexibility index (Phi) is 3.41. The molecule has 5 heteroatoms. The van der Waals surface area contributed by atoms with Gasteiger partial charge in [0.2, 0.25) is 0 Å². The fourth-order valence-corrected chi connectivity index (χ4v) is 1.99. The molecule has 3 rings (SSSR count). The predicted molar refractivity (Wildman–Crippen MR) is 84.5 cm³/mol. The van der Waals surface area contributed by atoms with Gasteiger partial charge in [0.1, 0.15) is 0 Å². The quantitative estimate of drug-likeness (QED) is 0.644. The van der Waals surface area contributed by atoms with Gasteiger partial charge < -0.3 is 21.7 Å². The summed E-state index contributed by atoms with van der Waals surface area (Å²) in [6.07, 6.45) is 0. The number of rotatable bonds is 3. The molecule has 5 nitrogen and oxygen atoms in total. The van der Waals surface area contributed by atoms with Gasteiger partial charge in [-0.15, -0.1) is 0 Å². The van der Waals surface area contributed by atoms with Crippen molar-refractivity contribution < 1.29 is 0 Å². The first-order chi connectivity index (χ1) is 9.79. The molecule has 1 heterocycles. The minimum Gasteiger partial charge on any atom is -0.399 e. The van der Waals surface area contributed by atoms with Crippen molar-refractivity contribution in [2.24, 2.45) is 4.99 Å². The maximum absolute atomic E-state index is 5.66. The Balaban J connectivity index is 1.65. The van der Waals surface area contributed by atoms with Crippen LogP contribution in [-0.2, 0) is 0 Å². The summed E-state index contributed by atoms with van der Waals surface area (Å²) in [7, 11) is 0. The molecule has 2 aromatic carbocycles. The number of benzene rings is 2. The number of nitrogens with two attached hydrogens (primary N) is 1. The van der Waals surface area contributed by atoms with E-state index in [1.807, 2.05) is 48.5 Å². The zero-order chi connectivity index (χ0) is 13.8. The highest BCUT2D eigenvalue weighted by Gasteiger charge is 2.04. The number of hydrogen-bond acceptors (Lipinski definition) is 5. The molecule has 0 bridgehead atoms. The largest absolute Gasteiger partial charge is 0.399 e. The van der Waals surface area contributed by atoms with Crippen LogP contribution in [0.1, 0.15) is 0 Å². The van der Waals surface area contributed by atoms with Crippen molar-refractivity contribution in [3.05, 3.63) is 48.5 Å². The summed E-state index contributed by atoms with van der Waals surface area (Å²) in [4.78, 5) is 4.30. The lowest BCUT2D eigenvalue weighted by atomic mass is 10.2. The van der Waals surface area contributed by atoms with Crippen LogP contribution in [0.25, 0.3) is 0 Å². The molecular formula is C15H17N5. The second-order valence-electron chi connectivity index (χ2n) is 4.61. The van der Waals surface area contributed by atoms with Crippen LogP contribution in [0.3, 0.4) is 0 Å². The lowest BCUT2D eigenvalue weighted by Crippen LogP contribution is -2.26. The standard InChI is InChI=1S/C15H17N5/c16-11-1-3-12(4-2-11)19-13-5-7-14(8-6-13)20-15-17-9-10-18-15/h1-8,19H,9-10,16H2,(H2,17,18,20). The van der Waals surface area contributed by atoms with Crippen molar-refractivity contribution in [2.75, 3.05) is 29.5 Å². The van der Waals surface area contributed by atoms with E-state index in [9.17, 15) is 0 Å². The minimum atomic E-state index is 0.764. The molecule has 0 atom stereocenters. The van der Waals surface area contributed by atoms with E-state index in [0.29, 0.717) is 0 Å². The van der Waals surface area contributed by atoms with Crippen molar-refractivity contribution >= 4 is 28.7 Å². The molecule has 20 heavy (non-hydrogen) atoms. The zero-order valence-electron chi connectivity index (χ0n) is 11.1. The first-order valence-electron chi connectivity index (χ1n) is 6.57. The molecular weight excluding hydrogens is 250 g/mol. The van der Waals surface area contributed by atoms with Gasteiger partial charge in [0.25, 0.3) is 0 Å². The summed E-state index contributed by atoms with van der Waals surface area (Å²) in [5.41, 5.74) is 9.49. The predicted octanol–water partition coefficient (Wildman–Crippen LogP) is 2.38. The fraction of sp³-hybridized carbons (Fsp3) is 0.133. The van der Waals surface area contributed by atoms with Crippen molar-refractivity contribution in [3.63, 3.8) is 0 Å². The Morgan fingerprint density at radius 2 is 1.40 bits per heavy atom. The van der Waals surface area contributed by atoms with Gasteiger partial charge in [-0.25, -0.2) is 0 Å². The fourth-order valence-electron chi connectivity index (χ4n) is 1.99. The first kappa shape index (κ1) is 12.3. The van der Waals surface area contributed by atoms with Crippen LogP contribution in [-0.4, -0.2) is 19.0 Å². The molecule has 0 aliphatic carbocycles. The van der Waals surface area contributed by atoms with E-state index in [4.69, 9.17) is 5.73 Å². The van der Waals surface area contributed by atoms with Crippen LogP contribution in [0.5, 0.6) is 0 Å². The average molecular weight is 267 g/mol. The van der Waals surface area contributed by atoms with Gasteiger partial charge in [0.05, 0.1) is 6.54 Å². The molecule has 102 valence electrons. The van der Waals surface area contributed by atoms with Crippen molar-refractivity contribution in [3.8, 4) is 0 Å². The third-order valence-electron chi connectivity index (χ3n) is 3.02. The Hall–Kier alpha value is -2.69. The third kappa shape index (κ3) is 3.00. The second kappa shape index (κ2) is 5.52. The molecule has 0 radical (unpaired) electrons. The number of anilines is 4. The minimum absolute atomic E-state index is 0.764. The molecule has 0 amide bonds. The van der Waals surface area contributed by atoms with Crippen molar-refractivity contribution in [2.45, 2.75) is 0 Å². The highest BCUT2D eigenvalue weighted by Crippen LogP contribution is 2.19.